The zero-order valence-electron chi connectivity index (χ0n) is 14.0. The summed E-state index contributed by atoms with van der Waals surface area (Å²) in [6.45, 7) is 6.61. The lowest BCUT2D eigenvalue weighted by Crippen LogP contribution is -2.30. The average molecular weight is 335 g/mol. The number of carbonyl (C=O) groups is 1. The Morgan fingerprint density at radius 2 is 2.29 bits per heavy atom. The predicted molar refractivity (Wildman–Crippen MR) is 84.5 cm³/mol. The molecule has 24 heavy (non-hydrogen) atoms. The molecule has 3 rings (SSSR count). The van der Waals surface area contributed by atoms with Gasteiger partial charge in [-0.1, -0.05) is 12.1 Å². The van der Waals surface area contributed by atoms with Gasteiger partial charge in [0.2, 0.25) is 5.91 Å². The van der Waals surface area contributed by atoms with Crippen molar-refractivity contribution >= 4 is 11.7 Å². The maximum Gasteiger partial charge on any atom is 0.346 e. The SMILES string of the molecule is CCn1c([C@H]2OCC[C@H]2C)nn(CC(=O)Nc2cc(C)on2)c1=O. The zero-order chi connectivity index (χ0) is 17.3. The molecule has 0 unspecified atom stereocenters. The van der Waals surface area contributed by atoms with Crippen LogP contribution in [0.5, 0.6) is 0 Å². The van der Waals surface area contributed by atoms with Gasteiger partial charge < -0.3 is 14.6 Å². The van der Waals surface area contributed by atoms with Crippen molar-refractivity contribution in [1.29, 1.82) is 0 Å². The fourth-order valence-corrected chi connectivity index (χ4v) is 2.84. The molecule has 1 saturated heterocycles. The molecule has 0 aromatic carbocycles. The molecular formula is C15H21N5O4. The van der Waals surface area contributed by atoms with Crippen molar-refractivity contribution < 1.29 is 14.1 Å². The highest BCUT2D eigenvalue weighted by atomic mass is 16.5. The average Bonchev–Trinajstić information content (AvgIpc) is 3.20. The van der Waals surface area contributed by atoms with Crippen molar-refractivity contribution in [2.24, 2.45) is 5.92 Å². The topological polar surface area (TPSA) is 104 Å². The molecule has 2 aromatic heterocycles. The molecule has 2 aromatic rings. The highest BCUT2D eigenvalue weighted by Gasteiger charge is 2.31. The lowest BCUT2D eigenvalue weighted by molar-refractivity contribution is -0.117. The second kappa shape index (κ2) is 6.60. The number of carbonyl (C=O) groups excluding carboxylic acids is 1. The van der Waals surface area contributed by atoms with Crippen molar-refractivity contribution in [3.05, 3.63) is 28.1 Å². The highest BCUT2D eigenvalue weighted by Crippen LogP contribution is 2.32. The first kappa shape index (κ1) is 16.4. The highest BCUT2D eigenvalue weighted by molar-refractivity contribution is 5.89. The van der Waals surface area contributed by atoms with Crippen LogP contribution in [0.25, 0.3) is 0 Å². The molecule has 1 aliphatic heterocycles. The summed E-state index contributed by atoms with van der Waals surface area (Å²) >= 11 is 0. The normalized spacial score (nSPS) is 20.5. The van der Waals surface area contributed by atoms with E-state index in [1.165, 1.54) is 0 Å². The van der Waals surface area contributed by atoms with Gasteiger partial charge in [-0.05, 0) is 26.2 Å². The molecule has 1 fully saturated rings. The molecule has 0 aliphatic carbocycles. The maximum atomic E-state index is 12.5. The minimum Gasteiger partial charge on any atom is -0.370 e. The molecule has 1 amide bonds. The molecule has 130 valence electrons. The number of hydrogen-bond donors (Lipinski definition) is 1. The number of aryl methyl sites for hydroxylation is 1. The van der Waals surface area contributed by atoms with Crippen LogP contribution in [0.15, 0.2) is 15.4 Å². The van der Waals surface area contributed by atoms with Gasteiger partial charge >= 0.3 is 5.69 Å². The summed E-state index contributed by atoms with van der Waals surface area (Å²) < 4.78 is 13.3. The fourth-order valence-electron chi connectivity index (χ4n) is 2.84. The number of nitrogens with zero attached hydrogens (tertiary/aromatic N) is 4. The number of aromatic nitrogens is 4. The van der Waals surface area contributed by atoms with Gasteiger partial charge in [0.15, 0.2) is 11.6 Å². The Balaban J connectivity index is 1.79. The molecule has 9 nitrogen and oxygen atoms in total. The minimum atomic E-state index is -0.391. The van der Waals surface area contributed by atoms with Crippen molar-refractivity contribution in [3.8, 4) is 0 Å². The second-order valence-corrected chi connectivity index (χ2v) is 5.97. The molecule has 9 heteroatoms. The molecule has 1 N–H and O–H groups in total. The number of rotatable bonds is 5. The van der Waals surface area contributed by atoms with E-state index in [9.17, 15) is 9.59 Å². The number of ether oxygens (including phenoxy) is 1. The number of nitrogens with one attached hydrogen (secondary N) is 1. The van der Waals surface area contributed by atoms with E-state index in [1.54, 1.807) is 17.6 Å². The van der Waals surface area contributed by atoms with Crippen LogP contribution < -0.4 is 11.0 Å². The van der Waals surface area contributed by atoms with E-state index in [0.29, 0.717) is 30.6 Å². The summed E-state index contributed by atoms with van der Waals surface area (Å²) in [7, 11) is 0. The Bertz CT molecular complexity index is 790. The van der Waals surface area contributed by atoms with Crippen LogP contribution in [0.1, 0.15) is 38.0 Å². The van der Waals surface area contributed by atoms with E-state index in [0.717, 1.165) is 11.1 Å². The maximum absolute atomic E-state index is 12.5. The predicted octanol–water partition coefficient (Wildman–Crippen LogP) is 1.10. The smallest absolute Gasteiger partial charge is 0.346 e. The van der Waals surface area contributed by atoms with Gasteiger partial charge in [0.05, 0.1) is 0 Å². The first-order valence-corrected chi connectivity index (χ1v) is 8.02. The summed E-state index contributed by atoms with van der Waals surface area (Å²) in [5, 5.41) is 10.6. The quantitative estimate of drug-likeness (QED) is 0.877. The van der Waals surface area contributed by atoms with Crippen molar-refractivity contribution in [2.45, 2.75) is 46.4 Å². The Morgan fingerprint density at radius 1 is 1.50 bits per heavy atom. The van der Waals surface area contributed by atoms with Crippen molar-refractivity contribution in [1.82, 2.24) is 19.5 Å². The van der Waals surface area contributed by atoms with Crippen LogP contribution in [0, 0.1) is 12.8 Å². The standard InChI is InChI=1S/C15H21N5O4/c1-4-19-14(13-9(2)5-6-23-13)17-20(15(19)22)8-12(21)16-11-7-10(3)24-18-11/h7,9,13H,4-6,8H2,1-3H3,(H,16,18,21)/t9-,13+/m1/s1. The van der Waals surface area contributed by atoms with Gasteiger partial charge in [-0.2, -0.15) is 5.10 Å². The zero-order valence-corrected chi connectivity index (χ0v) is 14.0. The van der Waals surface area contributed by atoms with Gasteiger partial charge in [0.1, 0.15) is 18.4 Å². The van der Waals surface area contributed by atoms with E-state index in [-0.39, 0.29) is 24.3 Å². The third-order valence-electron chi connectivity index (χ3n) is 4.10. The Kier molecular flexibility index (Phi) is 4.52. The van der Waals surface area contributed by atoms with Crippen LogP contribution in [0.2, 0.25) is 0 Å². The summed E-state index contributed by atoms with van der Waals surface area (Å²) in [5.41, 5.74) is -0.318. The van der Waals surface area contributed by atoms with E-state index < -0.39 is 5.91 Å². The van der Waals surface area contributed by atoms with E-state index in [2.05, 4.69) is 22.5 Å². The molecule has 3 heterocycles. The van der Waals surface area contributed by atoms with Gasteiger partial charge in [0.25, 0.3) is 0 Å². The largest absolute Gasteiger partial charge is 0.370 e. The molecular weight excluding hydrogens is 314 g/mol. The van der Waals surface area contributed by atoms with Crippen LogP contribution in [-0.2, 0) is 22.6 Å². The lowest BCUT2D eigenvalue weighted by Gasteiger charge is -2.13. The summed E-state index contributed by atoms with van der Waals surface area (Å²) in [6, 6.07) is 1.60. The first-order valence-electron chi connectivity index (χ1n) is 8.02. The lowest BCUT2D eigenvalue weighted by atomic mass is 10.0. The van der Waals surface area contributed by atoms with Crippen LogP contribution in [0.3, 0.4) is 0 Å². The Labute approximate surface area is 138 Å². The molecule has 0 radical (unpaired) electrons. The molecule has 0 bridgehead atoms. The number of amides is 1. The number of anilines is 1. The van der Waals surface area contributed by atoms with Crippen molar-refractivity contribution in [3.63, 3.8) is 0 Å². The molecule has 2 atom stereocenters. The summed E-state index contributed by atoms with van der Waals surface area (Å²) in [6.07, 6.45) is 0.724. The summed E-state index contributed by atoms with van der Waals surface area (Å²) in [4.78, 5) is 24.6. The second-order valence-electron chi connectivity index (χ2n) is 5.97. The monoisotopic (exact) mass is 335 g/mol. The molecule has 1 aliphatic rings. The molecule has 0 spiro atoms. The van der Waals surface area contributed by atoms with Crippen LogP contribution in [-0.4, -0.2) is 32.0 Å². The minimum absolute atomic E-state index is 0.189. The Hall–Kier alpha value is -2.42. The van der Waals surface area contributed by atoms with E-state index >= 15 is 0 Å². The van der Waals surface area contributed by atoms with Gasteiger partial charge in [-0.25, -0.2) is 9.48 Å². The third-order valence-corrected chi connectivity index (χ3v) is 4.10. The molecule has 0 saturated carbocycles. The van der Waals surface area contributed by atoms with E-state index in [4.69, 9.17) is 9.26 Å². The van der Waals surface area contributed by atoms with Gasteiger partial charge in [-0.15, -0.1) is 0 Å². The van der Waals surface area contributed by atoms with E-state index in [1.807, 2.05) is 6.92 Å². The first-order chi connectivity index (χ1) is 11.5. The fraction of sp³-hybridized carbons (Fsp3) is 0.600. The third kappa shape index (κ3) is 3.12. The van der Waals surface area contributed by atoms with Crippen LogP contribution >= 0.6 is 0 Å². The van der Waals surface area contributed by atoms with Crippen molar-refractivity contribution in [2.75, 3.05) is 11.9 Å². The Morgan fingerprint density at radius 3 is 2.88 bits per heavy atom. The van der Waals surface area contributed by atoms with Crippen LogP contribution in [0.4, 0.5) is 5.82 Å². The van der Waals surface area contributed by atoms with Gasteiger partial charge in [0, 0.05) is 19.2 Å². The summed E-state index contributed by atoms with van der Waals surface area (Å²) in [5.74, 6) is 1.38. The van der Waals surface area contributed by atoms with Gasteiger partial charge in [-0.3, -0.25) is 9.36 Å². The number of hydrogen-bond acceptors (Lipinski definition) is 6.